The average molecular weight is 281 g/mol. The van der Waals surface area contributed by atoms with Crippen molar-refractivity contribution in [1.29, 1.82) is 0 Å². The molecule has 0 aromatic rings. The van der Waals surface area contributed by atoms with Gasteiger partial charge < -0.3 is 4.90 Å². The van der Waals surface area contributed by atoms with Crippen molar-refractivity contribution in [3.05, 3.63) is 25.8 Å². The fourth-order valence-electron chi connectivity index (χ4n) is 3.03. The van der Waals surface area contributed by atoms with E-state index in [0.717, 1.165) is 13.1 Å². The van der Waals surface area contributed by atoms with E-state index in [2.05, 4.69) is 33.6 Å². The molecule has 0 aromatic heterocycles. The third kappa shape index (κ3) is 3.50. The van der Waals surface area contributed by atoms with Gasteiger partial charge in [0.25, 0.3) is 0 Å². The van der Waals surface area contributed by atoms with Gasteiger partial charge in [-0.1, -0.05) is 19.9 Å². The summed E-state index contributed by atoms with van der Waals surface area (Å²) in [6, 6.07) is 0. The molecule has 3 fully saturated rings. The van der Waals surface area contributed by atoms with Gasteiger partial charge in [0.15, 0.2) is 0 Å². The Labute approximate surface area is 122 Å². The molecule has 3 aliphatic rings. The second kappa shape index (κ2) is 6.11. The van der Waals surface area contributed by atoms with E-state index in [1.807, 2.05) is 11.8 Å². The van der Waals surface area contributed by atoms with E-state index in [0.29, 0.717) is 30.1 Å². The van der Waals surface area contributed by atoms with Gasteiger partial charge >= 0.3 is 0 Å². The molecule has 2 nitrogen and oxygen atoms in total. The number of likely N-dealkylation sites (tertiary alicyclic amines) is 1. The molecule has 20 heavy (non-hydrogen) atoms. The number of allylic oxidation sites excluding steroid dienone is 1. The first-order valence-corrected chi connectivity index (χ1v) is 7.38. The minimum absolute atomic E-state index is 0.0398. The molecule has 2 unspecified atom stereocenters. The lowest BCUT2D eigenvalue weighted by Crippen LogP contribution is -2.34. The number of alkyl halides is 1. The maximum absolute atomic E-state index is 13.4. The van der Waals surface area contributed by atoms with E-state index in [1.165, 1.54) is 0 Å². The van der Waals surface area contributed by atoms with Crippen LogP contribution < -0.4 is 0 Å². The van der Waals surface area contributed by atoms with Crippen LogP contribution in [0.25, 0.3) is 0 Å². The SMILES string of the molecule is C=C.C=CC.CC1(C)C2CN(C(=O)CC3(F)CC3)CC21. The first-order valence-electron chi connectivity index (χ1n) is 7.38. The molecule has 0 radical (unpaired) electrons. The standard InChI is InChI=1S/C12H18FNO.C3H6.C2H4/c1-11(2)8-6-14(7-9(8)11)10(15)5-12(13)3-4-12;1-3-2;1-2/h8-9H,3-7H2,1-2H3;3H,1H2,2H3;1-2H2. The molecule has 2 saturated carbocycles. The number of nitrogens with zero attached hydrogens (tertiary/aromatic N) is 1. The largest absolute Gasteiger partial charge is 0.342 e. The molecule has 2 atom stereocenters. The van der Waals surface area contributed by atoms with Crippen LogP contribution in [-0.2, 0) is 4.79 Å². The van der Waals surface area contributed by atoms with Crippen molar-refractivity contribution in [3.8, 4) is 0 Å². The highest BCUT2D eigenvalue weighted by Gasteiger charge is 2.63. The molecule has 114 valence electrons. The average Bonchev–Trinajstić information content (AvgIpc) is 3.12. The van der Waals surface area contributed by atoms with Crippen molar-refractivity contribution in [2.24, 2.45) is 17.3 Å². The summed E-state index contributed by atoms with van der Waals surface area (Å²) in [5.41, 5.74) is -0.691. The zero-order valence-corrected chi connectivity index (χ0v) is 13.1. The van der Waals surface area contributed by atoms with Crippen LogP contribution in [0.1, 0.15) is 40.0 Å². The Morgan fingerprint density at radius 3 is 2.05 bits per heavy atom. The second-order valence-corrected chi connectivity index (χ2v) is 6.57. The van der Waals surface area contributed by atoms with Crippen molar-refractivity contribution in [2.75, 3.05) is 13.1 Å². The lowest BCUT2D eigenvalue weighted by Gasteiger charge is -2.22. The summed E-state index contributed by atoms with van der Waals surface area (Å²) < 4.78 is 13.4. The van der Waals surface area contributed by atoms with Gasteiger partial charge in [0.1, 0.15) is 5.67 Å². The van der Waals surface area contributed by atoms with Gasteiger partial charge in [0, 0.05) is 13.1 Å². The van der Waals surface area contributed by atoms with Gasteiger partial charge in [0.05, 0.1) is 6.42 Å². The van der Waals surface area contributed by atoms with Gasteiger partial charge in [-0.15, -0.1) is 19.7 Å². The van der Waals surface area contributed by atoms with Crippen LogP contribution in [-0.4, -0.2) is 29.6 Å². The van der Waals surface area contributed by atoms with E-state index in [4.69, 9.17) is 0 Å². The normalized spacial score (nSPS) is 29.9. The van der Waals surface area contributed by atoms with E-state index in [1.54, 1.807) is 6.08 Å². The molecule has 3 rings (SSSR count). The Bertz CT molecular complexity index is 359. The summed E-state index contributed by atoms with van der Waals surface area (Å²) in [5.74, 6) is 1.39. The lowest BCUT2D eigenvalue weighted by atomic mass is 10.1. The minimum Gasteiger partial charge on any atom is -0.342 e. The first-order chi connectivity index (χ1) is 9.34. The van der Waals surface area contributed by atoms with Crippen molar-refractivity contribution >= 4 is 5.91 Å². The Balaban J connectivity index is 0.000000357. The van der Waals surface area contributed by atoms with Crippen LogP contribution >= 0.6 is 0 Å². The molecule has 0 spiro atoms. The van der Waals surface area contributed by atoms with Gasteiger partial charge in [0.2, 0.25) is 5.91 Å². The van der Waals surface area contributed by atoms with Gasteiger partial charge in [-0.2, -0.15) is 0 Å². The summed E-state index contributed by atoms with van der Waals surface area (Å²) in [7, 11) is 0. The maximum atomic E-state index is 13.4. The van der Waals surface area contributed by atoms with Crippen LogP contribution in [0.2, 0.25) is 0 Å². The monoisotopic (exact) mass is 281 g/mol. The van der Waals surface area contributed by atoms with Gasteiger partial charge in [-0.25, -0.2) is 4.39 Å². The number of hydrogen-bond donors (Lipinski definition) is 0. The van der Waals surface area contributed by atoms with E-state index in [9.17, 15) is 9.18 Å². The number of hydrogen-bond acceptors (Lipinski definition) is 1. The fraction of sp³-hybridized carbons (Fsp3) is 0.706. The quantitative estimate of drug-likeness (QED) is 0.701. The molecule has 1 heterocycles. The maximum Gasteiger partial charge on any atom is 0.225 e. The Kier molecular flexibility index (Phi) is 5.17. The molecule has 1 amide bonds. The number of piperidine rings is 1. The number of halogens is 1. The fourth-order valence-corrected chi connectivity index (χ4v) is 3.03. The molecule has 1 aliphatic heterocycles. The zero-order chi connectivity index (χ0) is 15.6. The molecule has 2 aliphatic carbocycles. The van der Waals surface area contributed by atoms with E-state index in [-0.39, 0.29) is 12.3 Å². The minimum atomic E-state index is -1.13. The van der Waals surface area contributed by atoms with Crippen molar-refractivity contribution in [2.45, 2.75) is 45.7 Å². The highest BCUT2D eigenvalue weighted by Crippen LogP contribution is 2.62. The third-order valence-electron chi connectivity index (χ3n) is 4.74. The summed E-state index contributed by atoms with van der Waals surface area (Å²) >= 11 is 0. The number of amides is 1. The third-order valence-corrected chi connectivity index (χ3v) is 4.74. The van der Waals surface area contributed by atoms with Crippen LogP contribution in [0.15, 0.2) is 25.8 Å². The van der Waals surface area contributed by atoms with E-state index < -0.39 is 5.67 Å². The van der Waals surface area contributed by atoms with Gasteiger partial charge in [-0.05, 0) is 37.0 Å². The Morgan fingerprint density at radius 1 is 1.30 bits per heavy atom. The number of fused-ring (bicyclic) bond motifs is 1. The molecular formula is C17H28FNO. The summed E-state index contributed by atoms with van der Waals surface area (Å²) in [6.07, 6.45) is 3.06. The highest BCUT2D eigenvalue weighted by atomic mass is 19.1. The van der Waals surface area contributed by atoms with E-state index >= 15 is 0 Å². The number of rotatable bonds is 2. The van der Waals surface area contributed by atoms with Crippen molar-refractivity contribution in [1.82, 2.24) is 4.90 Å². The van der Waals surface area contributed by atoms with Crippen LogP contribution in [0.5, 0.6) is 0 Å². The summed E-state index contributed by atoms with van der Waals surface area (Å²) in [6.45, 7) is 17.5. The van der Waals surface area contributed by atoms with Gasteiger partial charge in [-0.3, -0.25) is 4.79 Å². The molecule has 0 aromatic carbocycles. The summed E-state index contributed by atoms with van der Waals surface area (Å²) in [4.78, 5) is 13.6. The Hall–Kier alpha value is -1.12. The smallest absolute Gasteiger partial charge is 0.225 e. The van der Waals surface area contributed by atoms with Crippen LogP contribution in [0.4, 0.5) is 4.39 Å². The van der Waals surface area contributed by atoms with Crippen molar-refractivity contribution < 1.29 is 9.18 Å². The molecule has 1 saturated heterocycles. The lowest BCUT2D eigenvalue weighted by molar-refractivity contribution is -0.132. The number of carbonyl (C=O) groups is 1. The predicted molar refractivity (Wildman–Crippen MR) is 82.2 cm³/mol. The molecule has 3 heteroatoms. The zero-order valence-electron chi connectivity index (χ0n) is 13.1. The highest BCUT2D eigenvalue weighted by molar-refractivity contribution is 5.78. The first kappa shape index (κ1) is 16.9. The Morgan fingerprint density at radius 2 is 1.70 bits per heavy atom. The molecule has 0 N–H and O–H groups in total. The number of carbonyl (C=O) groups excluding carboxylic acids is 1. The van der Waals surface area contributed by atoms with Crippen molar-refractivity contribution in [3.63, 3.8) is 0 Å². The summed E-state index contributed by atoms with van der Waals surface area (Å²) in [5, 5.41) is 0. The topological polar surface area (TPSA) is 20.3 Å². The molecule has 0 bridgehead atoms. The van der Waals surface area contributed by atoms with Crippen LogP contribution in [0, 0.1) is 17.3 Å². The predicted octanol–water partition coefficient (Wildman–Crippen LogP) is 3.99. The molecular weight excluding hydrogens is 253 g/mol. The second-order valence-electron chi connectivity index (χ2n) is 6.57. The van der Waals surface area contributed by atoms with Crippen LogP contribution in [0.3, 0.4) is 0 Å².